The van der Waals surface area contributed by atoms with Crippen LogP contribution in [0.15, 0.2) is 12.2 Å². The summed E-state index contributed by atoms with van der Waals surface area (Å²) in [6, 6.07) is 0. The predicted molar refractivity (Wildman–Crippen MR) is 69.0 cm³/mol. The molecule has 120 valence electrons. The number of ether oxygens (including phenoxy) is 4. The van der Waals surface area contributed by atoms with E-state index in [1.165, 1.54) is 6.92 Å². The van der Waals surface area contributed by atoms with Crippen molar-refractivity contribution in [1.29, 1.82) is 0 Å². The fraction of sp³-hybridized carbons (Fsp3) is 0.571. The Morgan fingerprint density at radius 2 is 2.18 bits per heavy atom. The minimum Gasteiger partial charge on any atom is -0.452 e. The fourth-order valence-corrected chi connectivity index (χ4v) is 2.53. The summed E-state index contributed by atoms with van der Waals surface area (Å²) in [5, 5.41) is 0. The average molecular weight is 312 g/mol. The SMILES string of the molecule is C=C(C)C(=O)OCC(=O)OC1CCC2CC1(OC=O)OC2=O. The van der Waals surface area contributed by atoms with Crippen molar-refractivity contribution in [2.45, 2.75) is 38.1 Å². The topological polar surface area (TPSA) is 105 Å². The predicted octanol–water partition coefficient (Wildman–Crippen LogP) is 0.244. The van der Waals surface area contributed by atoms with Crippen LogP contribution in [0.5, 0.6) is 0 Å². The van der Waals surface area contributed by atoms with Crippen molar-refractivity contribution in [2.75, 3.05) is 6.61 Å². The van der Waals surface area contributed by atoms with Gasteiger partial charge in [-0.25, -0.2) is 9.59 Å². The Balaban J connectivity index is 1.97. The lowest BCUT2D eigenvalue weighted by Crippen LogP contribution is -2.49. The van der Waals surface area contributed by atoms with Crippen molar-refractivity contribution in [1.82, 2.24) is 0 Å². The van der Waals surface area contributed by atoms with Gasteiger partial charge in [-0.15, -0.1) is 0 Å². The standard InChI is InChI=1S/C14H16O8/c1-8(2)12(17)19-6-11(16)21-10-4-3-9-5-14(10,20-7-15)22-13(9)18/h7,9-10H,1,3-6H2,2H3. The van der Waals surface area contributed by atoms with Crippen molar-refractivity contribution >= 4 is 24.4 Å². The molecule has 1 saturated heterocycles. The van der Waals surface area contributed by atoms with Crippen LogP contribution in [0.2, 0.25) is 0 Å². The third-order valence-corrected chi connectivity index (χ3v) is 3.60. The molecule has 0 spiro atoms. The molecule has 2 fully saturated rings. The van der Waals surface area contributed by atoms with E-state index < -0.39 is 36.4 Å². The number of hydrogen-bond acceptors (Lipinski definition) is 8. The number of carbonyl (C=O) groups excluding carboxylic acids is 4. The van der Waals surface area contributed by atoms with Gasteiger partial charge in [0.25, 0.3) is 12.3 Å². The monoisotopic (exact) mass is 312 g/mol. The van der Waals surface area contributed by atoms with Crippen LogP contribution in [-0.4, -0.2) is 42.9 Å². The average Bonchev–Trinajstić information content (AvgIpc) is 2.72. The van der Waals surface area contributed by atoms with Crippen molar-refractivity contribution in [3.63, 3.8) is 0 Å². The van der Waals surface area contributed by atoms with Crippen LogP contribution in [0.1, 0.15) is 26.2 Å². The van der Waals surface area contributed by atoms with E-state index in [4.69, 9.17) is 14.2 Å². The second-order valence-corrected chi connectivity index (χ2v) is 5.26. The van der Waals surface area contributed by atoms with E-state index in [2.05, 4.69) is 11.3 Å². The first kappa shape index (κ1) is 16.0. The van der Waals surface area contributed by atoms with E-state index in [-0.39, 0.29) is 24.4 Å². The molecule has 22 heavy (non-hydrogen) atoms. The van der Waals surface area contributed by atoms with Crippen LogP contribution in [0.4, 0.5) is 0 Å². The van der Waals surface area contributed by atoms with E-state index in [1.807, 2.05) is 0 Å². The van der Waals surface area contributed by atoms with Gasteiger partial charge in [-0.3, -0.25) is 9.59 Å². The largest absolute Gasteiger partial charge is 0.452 e. The molecule has 8 heteroatoms. The van der Waals surface area contributed by atoms with Gasteiger partial charge >= 0.3 is 17.9 Å². The van der Waals surface area contributed by atoms with E-state index in [0.717, 1.165) is 0 Å². The molecule has 0 radical (unpaired) electrons. The van der Waals surface area contributed by atoms with E-state index in [9.17, 15) is 19.2 Å². The summed E-state index contributed by atoms with van der Waals surface area (Å²) in [4.78, 5) is 45.2. The number of esters is 3. The first-order chi connectivity index (χ1) is 10.4. The van der Waals surface area contributed by atoms with Gasteiger partial charge in [-0.05, 0) is 19.8 Å². The summed E-state index contributed by atoms with van der Waals surface area (Å²) in [5.41, 5.74) is 0.152. The molecule has 2 aliphatic rings. The summed E-state index contributed by atoms with van der Waals surface area (Å²) in [6.45, 7) is 4.38. The first-order valence-electron chi connectivity index (χ1n) is 6.74. The first-order valence-corrected chi connectivity index (χ1v) is 6.74. The highest BCUT2D eigenvalue weighted by Gasteiger charge is 2.59. The number of rotatable bonds is 6. The molecule has 1 heterocycles. The van der Waals surface area contributed by atoms with Gasteiger partial charge in [0.1, 0.15) is 0 Å². The van der Waals surface area contributed by atoms with Gasteiger partial charge in [0.2, 0.25) is 0 Å². The number of hydrogen-bond donors (Lipinski definition) is 0. The zero-order valence-electron chi connectivity index (χ0n) is 12.0. The molecule has 0 aromatic rings. The maximum atomic E-state index is 11.7. The highest BCUT2D eigenvalue weighted by atomic mass is 16.8. The maximum absolute atomic E-state index is 11.7. The summed E-state index contributed by atoms with van der Waals surface area (Å²) in [5.74, 6) is -3.96. The molecule has 2 bridgehead atoms. The van der Waals surface area contributed by atoms with E-state index in [1.54, 1.807) is 0 Å². The molecule has 0 aromatic heterocycles. The zero-order valence-corrected chi connectivity index (χ0v) is 12.0. The molecule has 0 amide bonds. The molecule has 8 nitrogen and oxygen atoms in total. The zero-order chi connectivity index (χ0) is 16.3. The van der Waals surface area contributed by atoms with Crippen LogP contribution in [0, 0.1) is 5.92 Å². The third kappa shape index (κ3) is 3.10. The Morgan fingerprint density at radius 3 is 2.82 bits per heavy atom. The molecule has 2 rings (SSSR count). The molecule has 0 aromatic carbocycles. The van der Waals surface area contributed by atoms with Gasteiger partial charge in [-0.2, -0.15) is 0 Å². The third-order valence-electron chi connectivity index (χ3n) is 3.60. The lowest BCUT2D eigenvalue weighted by molar-refractivity contribution is -0.248. The smallest absolute Gasteiger partial charge is 0.344 e. The Kier molecular flexibility index (Phi) is 4.48. The van der Waals surface area contributed by atoms with Gasteiger partial charge in [0.15, 0.2) is 12.7 Å². The van der Waals surface area contributed by atoms with Gasteiger partial charge in [-0.1, -0.05) is 6.58 Å². The second kappa shape index (κ2) is 6.17. The highest BCUT2D eigenvalue weighted by Crippen LogP contribution is 2.44. The van der Waals surface area contributed by atoms with Crippen molar-refractivity contribution in [3.05, 3.63) is 12.2 Å². The Morgan fingerprint density at radius 1 is 1.45 bits per heavy atom. The summed E-state index contributed by atoms with van der Waals surface area (Å²) in [6.07, 6.45) is 0.00145. The normalized spacial score (nSPS) is 29.2. The summed E-state index contributed by atoms with van der Waals surface area (Å²) in [7, 11) is 0. The number of carbonyl (C=O) groups is 4. The van der Waals surface area contributed by atoms with E-state index >= 15 is 0 Å². The minimum atomic E-state index is -1.57. The molecule has 3 atom stereocenters. The molecule has 0 N–H and O–H groups in total. The summed E-state index contributed by atoms with van der Waals surface area (Å²) >= 11 is 0. The van der Waals surface area contributed by atoms with Crippen LogP contribution >= 0.6 is 0 Å². The summed E-state index contributed by atoms with van der Waals surface area (Å²) < 4.78 is 19.8. The van der Waals surface area contributed by atoms with Crippen molar-refractivity contribution < 1.29 is 38.1 Å². The van der Waals surface area contributed by atoms with Crippen LogP contribution in [-0.2, 0) is 38.1 Å². The molecule has 1 saturated carbocycles. The highest BCUT2D eigenvalue weighted by molar-refractivity contribution is 5.88. The maximum Gasteiger partial charge on any atom is 0.344 e. The lowest BCUT2D eigenvalue weighted by atomic mass is 9.85. The van der Waals surface area contributed by atoms with Crippen molar-refractivity contribution in [3.8, 4) is 0 Å². The second-order valence-electron chi connectivity index (χ2n) is 5.26. The molecular weight excluding hydrogens is 296 g/mol. The van der Waals surface area contributed by atoms with Crippen LogP contribution in [0.3, 0.4) is 0 Å². The Hall–Kier alpha value is -2.38. The van der Waals surface area contributed by atoms with Gasteiger partial charge in [0.05, 0.1) is 5.92 Å². The van der Waals surface area contributed by atoms with Crippen LogP contribution in [0.25, 0.3) is 0 Å². The fourth-order valence-electron chi connectivity index (χ4n) is 2.53. The number of fused-ring (bicyclic) bond motifs is 2. The molecule has 3 unspecified atom stereocenters. The lowest BCUT2D eigenvalue weighted by Gasteiger charge is -2.35. The Bertz CT molecular complexity index is 525. The van der Waals surface area contributed by atoms with Crippen molar-refractivity contribution in [2.24, 2.45) is 5.92 Å². The minimum absolute atomic E-state index is 0.147. The van der Waals surface area contributed by atoms with Gasteiger partial charge in [0, 0.05) is 12.0 Å². The quantitative estimate of drug-likeness (QED) is 0.297. The Labute approximate surface area is 126 Å². The van der Waals surface area contributed by atoms with E-state index in [0.29, 0.717) is 12.8 Å². The van der Waals surface area contributed by atoms with Crippen LogP contribution < -0.4 is 0 Å². The molecule has 1 aliphatic heterocycles. The van der Waals surface area contributed by atoms with Gasteiger partial charge < -0.3 is 18.9 Å². The molecule has 1 aliphatic carbocycles. The molecular formula is C14H16O8.